The third kappa shape index (κ3) is 4.70. The Balaban J connectivity index is 2.07. The zero-order valence-corrected chi connectivity index (χ0v) is 13.8. The van der Waals surface area contributed by atoms with Crippen molar-refractivity contribution in [1.82, 2.24) is 24.6 Å². The van der Waals surface area contributed by atoms with Crippen molar-refractivity contribution in [2.75, 3.05) is 0 Å². The molecule has 5 heteroatoms. The molecule has 0 aliphatic carbocycles. The van der Waals surface area contributed by atoms with E-state index in [0.29, 0.717) is 5.92 Å². The predicted molar refractivity (Wildman–Crippen MR) is 85.0 cm³/mol. The van der Waals surface area contributed by atoms with Crippen molar-refractivity contribution < 1.29 is 0 Å². The maximum atomic E-state index is 4.40. The Morgan fingerprint density at radius 3 is 2.71 bits per heavy atom. The van der Waals surface area contributed by atoms with E-state index >= 15 is 0 Å². The number of hydrogen-bond donors (Lipinski definition) is 1. The van der Waals surface area contributed by atoms with E-state index in [1.807, 2.05) is 4.68 Å². The Hall–Kier alpha value is -1.62. The van der Waals surface area contributed by atoms with E-state index in [4.69, 9.17) is 0 Å². The molecule has 0 radical (unpaired) electrons. The third-order valence-electron chi connectivity index (χ3n) is 3.27. The van der Waals surface area contributed by atoms with Gasteiger partial charge in [-0.3, -0.25) is 0 Å². The maximum Gasteiger partial charge on any atom is 0.146 e. The van der Waals surface area contributed by atoms with E-state index in [0.717, 1.165) is 25.5 Å². The van der Waals surface area contributed by atoms with Crippen LogP contribution in [0.5, 0.6) is 0 Å². The number of hydrogen-bond acceptors (Lipinski definition) is 3. The van der Waals surface area contributed by atoms with Crippen LogP contribution in [0, 0.1) is 5.92 Å². The van der Waals surface area contributed by atoms with Gasteiger partial charge in [0.25, 0.3) is 0 Å². The Morgan fingerprint density at radius 1 is 1.29 bits per heavy atom. The molecular weight excluding hydrogens is 262 g/mol. The highest BCUT2D eigenvalue weighted by Gasteiger charge is 2.12. The third-order valence-corrected chi connectivity index (χ3v) is 3.27. The van der Waals surface area contributed by atoms with Crippen molar-refractivity contribution in [3.8, 4) is 0 Å². The molecule has 2 aromatic heterocycles. The van der Waals surface area contributed by atoms with E-state index in [-0.39, 0.29) is 5.54 Å². The van der Waals surface area contributed by atoms with Gasteiger partial charge >= 0.3 is 0 Å². The van der Waals surface area contributed by atoms with Crippen LogP contribution in [-0.2, 0) is 19.6 Å². The largest absolute Gasteiger partial charge is 0.343 e. The molecule has 116 valence electrons. The van der Waals surface area contributed by atoms with Crippen molar-refractivity contribution >= 4 is 0 Å². The minimum absolute atomic E-state index is 0.118. The lowest BCUT2D eigenvalue weighted by Gasteiger charge is -2.21. The smallest absolute Gasteiger partial charge is 0.146 e. The first-order chi connectivity index (χ1) is 9.85. The van der Waals surface area contributed by atoms with Crippen molar-refractivity contribution in [3.05, 3.63) is 36.2 Å². The molecule has 2 aromatic rings. The minimum atomic E-state index is 0.118. The van der Waals surface area contributed by atoms with Crippen LogP contribution >= 0.6 is 0 Å². The summed E-state index contributed by atoms with van der Waals surface area (Å²) >= 11 is 0. The SMILES string of the molecule is CC(C)Cn1ncnc1Cn1cccc1CNC(C)(C)C. The zero-order chi connectivity index (χ0) is 15.5. The van der Waals surface area contributed by atoms with Gasteiger partial charge in [0.1, 0.15) is 12.2 Å². The monoisotopic (exact) mass is 289 g/mol. The van der Waals surface area contributed by atoms with E-state index < -0.39 is 0 Å². The molecule has 1 N–H and O–H groups in total. The summed E-state index contributed by atoms with van der Waals surface area (Å²) in [5.74, 6) is 1.58. The molecule has 0 aliphatic heterocycles. The van der Waals surface area contributed by atoms with Crippen LogP contribution in [0.3, 0.4) is 0 Å². The van der Waals surface area contributed by atoms with Crippen LogP contribution in [0.25, 0.3) is 0 Å². The molecule has 0 fully saturated rings. The summed E-state index contributed by atoms with van der Waals surface area (Å²) in [4.78, 5) is 4.40. The highest BCUT2D eigenvalue weighted by molar-refractivity contribution is 5.09. The minimum Gasteiger partial charge on any atom is -0.343 e. The van der Waals surface area contributed by atoms with E-state index in [9.17, 15) is 0 Å². The Morgan fingerprint density at radius 2 is 2.05 bits per heavy atom. The van der Waals surface area contributed by atoms with Gasteiger partial charge in [0, 0.05) is 30.5 Å². The Kier molecular flexibility index (Phi) is 4.83. The molecule has 0 unspecified atom stereocenters. The summed E-state index contributed by atoms with van der Waals surface area (Å²) in [6.07, 6.45) is 3.75. The van der Waals surface area contributed by atoms with Gasteiger partial charge in [-0.05, 0) is 38.8 Å². The topological polar surface area (TPSA) is 47.7 Å². The second kappa shape index (κ2) is 6.43. The summed E-state index contributed by atoms with van der Waals surface area (Å²) < 4.78 is 4.24. The van der Waals surface area contributed by atoms with Crippen molar-refractivity contribution in [2.45, 2.75) is 59.8 Å². The van der Waals surface area contributed by atoms with Gasteiger partial charge < -0.3 is 9.88 Å². The van der Waals surface area contributed by atoms with Crippen LogP contribution in [0.1, 0.15) is 46.1 Å². The molecule has 0 aromatic carbocycles. The van der Waals surface area contributed by atoms with Gasteiger partial charge in [-0.25, -0.2) is 9.67 Å². The lowest BCUT2D eigenvalue weighted by molar-refractivity contribution is 0.414. The molecule has 0 bridgehead atoms. The number of nitrogens with one attached hydrogen (secondary N) is 1. The normalized spacial score (nSPS) is 12.3. The summed E-state index contributed by atoms with van der Waals surface area (Å²) in [6, 6.07) is 4.24. The lowest BCUT2D eigenvalue weighted by Crippen LogP contribution is -2.35. The number of nitrogens with zero attached hydrogens (tertiary/aromatic N) is 4. The van der Waals surface area contributed by atoms with Gasteiger partial charge in [0.05, 0.1) is 6.54 Å². The zero-order valence-electron chi connectivity index (χ0n) is 13.8. The molecule has 0 atom stereocenters. The van der Waals surface area contributed by atoms with Crippen LogP contribution in [0.15, 0.2) is 24.7 Å². The molecule has 2 heterocycles. The predicted octanol–water partition coefficient (Wildman–Crippen LogP) is 2.67. The van der Waals surface area contributed by atoms with Gasteiger partial charge in [-0.2, -0.15) is 5.10 Å². The fourth-order valence-corrected chi connectivity index (χ4v) is 2.18. The summed E-state index contributed by atoms with van der Waals surface area (Å²) in [6.45, 7) is 13.5. The average Bonchev–Trinajstić information content (AvgIpc) is 2.96. The Bertz CT molecular complexity index is 559. The molecule has 0 saturated heterocycles. The molecule has 5 nitrogen and oxygen atoms in total. The molecule has 0 spiro atoms. The summed E-state index contributed by atoms with van der Waals surface area (Å²) in [5.41, 5.74) is 1.39. The molecule has 21 heavy (non-hydrogen) atoms. The molecule has 0 amide bonds. The molecule has 0 saturated carbocycles. The van der Waals surface area contributed by atoms with Crippen molar-refractivity contribution in [3.63, 3.8) is 0 Å². The number of aromatic nitrogens is 4. The van der Waals surface area contributed by atoms with Gasteiger partial charge in [0.15, 0.2) is 0 Å². The van der Waals surface area contributed by atoms with E-state index in [1.54, 1.807) is 6.33 Å². The Labute approximate surface area is 127 Å². The van der Waals surface area contributed by atoms with Crippen LogP contribution in [0.2, 0.25) is 0 Å². The van der Waals surface area contributed by atoms with Crippen LogP contribution in [0.4, 0.5) is 0 Å². The summed E-state index contributed by atoms with van der Waals surface area (Å²) in [5, 5.41) is 7.86. The maximum absolute atomic E-state index is 4.40. The van der Waals surface area contributed by atoms with Crippen LogP contribution < -0.4 is 5.32 Å². The second-order valence-corrected chi connectivity index (χ2v) is 6.98. The van der Waals surface area contributed by atoms with Gasteiger partial charge in [-0.15, -0.1) is 0 Å². The highest BCUT2D eigenvalue weighted by Crippen LogP contribution is 2.09. The van der Waals surface area contributed by atoms with Crippen LogP contribution in [-0.4, -0.2) is 24.9 Å². The fourth-order valence-electron chi connectivity index (χ4n) is 2.18. The highest BCUT2D eigenvalue weighted by atomic mass is 15.3. The molecular formula is C16H27N5. The standard InChI is InChI=1S/C16H27N5/c1-13(2)10-21-15(17-12-19-21)11-20-8-6-7-14(20)9-18-16(3,4)5/h6-8,12-13,18H,9-11H2,1-5H3. The van der Waals surface area contributed by atoms with Crippen molar-refractivity contribution in [1.29, 1.82) is 0 Å². The fraction of sp³-hybridized carbons (Fsp3) is 0.625. The first-order valence-corrected chi connectivity index (χ1v) is 7.61. The van der Waals surface area contributed by atoms with E-state index in [2.05, 4.69) is 72.9 Å². The number of rotatable bonds is 6. The first-order valence-electron chi connectivity index (χ1n) is 7.61. The van der Waals surface area contributed by atoms with E-state index in [1.165, 1.54) is 5.69 Å². The summed E-state index contributed by atoms with van der Waals surface area (Å²) in [7, 11) is 0. The average molecular weight is 289 g/mol. The van der Waals surface area contributed by atoms with Gasteiger partial charge in [-0.1, -0.05) is 13.8 Å². The molecule has 2 rings (SSSR count). The lowest BCUT2D eigenvalue weighted by atomic mass is 10.1. The first kappa shape index (κ1) is 15.8. The van der Waals surface area contributed by atoms with Gasteiger partial charge in [0.2, 0.25) is 0 Å². The van der Waals surface area contributed by atoms with Crippen molar-refractivity contribution in [2.24, 2.45) is 5.92 Å². The molecule has 0 aliphatic rings. The second-order valence-electron chi connectivity index (χ2n) is 6.98. The quantitative estimate of drug-likeness (QED) is 0.889.